The molecule has 0 aliphatic heterocycles. The van der Waals surface area contributed by atoms with E-state index in [1.165, 1.54) is 263 Å². The van der Waals surface area contributed by atoms with Crippen LogP contribution in [0.15, 0.2) is 36.5 Å². The fraction of sp³-hybridized carbons (Fsp3) is 0.878. The molecular weight excluding hydrogens is 985 g/mol. The summed E-state index contributed by atoms with van der Waals surface area (Å²) in [6.07, 6.45) is 86.2. The van der Waals surface area contributed by atoms with Crippen LogP contribution in [0.2, 0.25) is 0 Å². The summed E-state index contributed by atoms with van der Waals surface area (Å²) in [6.45, 7) is 6.60. The van der Waals surface area contributed by atoms with Crippen LogP contribution in [-0.2, 0) is 28.6 Å². The summed E-state index contributed by atoms with van der Waals surface area (Å²) in [5, 5.41) is 0. The van der Waals surface area contributed by atoms with Gasteiger partial charge in [-0.05, 0) is 51.4 Å². The molecule has 6 nitrogen and oxygen atoms in total. The van der Waals surface area contributed by atoms with Crippen molar-refractivity contribution in [2.24, 2.45) is 0 Å². The third-order valence-corrected chi connectivity index (χ3v) is 16.4. The molecule has 470 valence electrons. The van der Waals surface area contributed by atoms with E-state index in [1.54, 1.807) is 0 Å². The molecule has 0 spiro atoms. The van der Waals surface area contributed by atoms with Crippen molar-refractivity contribution in [3.05, 3.63) is 36.5 Å². The Bertz CT molecular complexity index is 1340. The Morgan fingerprint density at radius 3 is 0.762 bits per heavy atom. The summed E-state index contributed by atoms with van der Waals surface area (Å²) in [6, 6.07) is 0. The summed E-state index contributed by atoms with van der Waals surface area (Å²) in [4.78, 5) is 38.4. The predicted octanol–water partition coefficient (Wildman–Crippen LogP) is 24.7. The maximum absolute atomic E-state index is 12.9. The topological polar surface area (TPSA) is 78.9 Å². The lowest BCUT2D eigenvalue weighted by atomic mass is 10.0. The fourth-order valence-corrected chi connectivity index (χ4v) is 11.1. The molecule has 0 aliphatic rings. The lowest BCUT2D eigenvalue weighted by Crippen LogP contribution is -2.30. The average molecular weight is 1120 g/mol. The van der Waals surface area contributed by atoms with E-state index in [-0.39, 0.29) is 31.1 Å². The first-order valence-electron chi connectivity index (χ1n) is 36.0. The van der Waals surface area contributed by atoms with Crippen LogP contribution in [0.4, 0.5) is 0 Å². The van der Waals surface area contributed by atoms with E-state index in [2.05, 4.69) is 57.2 Å². The van der Waals surface area contributed by atoms with E-state index < -0.39 is 6.10 Å². The largest absolute Gasteiger partial charge is 0.462 e. The van der Waals surface area contributed by atoms with Crippen molar-refractivity contribution >= 4 is 17.9 Å². The van der Waals surface area contributed by atoms with Crippen LogP contribution in [0.3, 0.4) is 0 Å². The average Bonchev–Trinajstić information content (AvgIpc) is 3.46. The minimum absolute atomic E-state index is 0.0718. The van der Waals surface area contributed by atoms with Crippen LogP contribution < -0.4 is 0 Å². The molecule has 0 radical (unpaired) electrons. The first-order chi connectivity index (χ1) is 39.5. The second-order valence-electron chi connectivity index (χ2n) is 24.5. The van der Waals surface area contributed by atoms with Gasteiger partial charge in [-0.1, -0.05) is 365 Å². The Balaban J connectivity index is 4.21. The molecule has 0 N–H and O–H groups in total. The van der Waals surface area contributed by atoms with Gasteiger partial charge in [-0.25, -0.2) is 0 Å². The normalized spacial score (nSPS) is 12.2. The SMILES string of the molecule is CC/C=C\C/C=C\C/C=C\CCCCCCCC(=O)OCC(COC(=O)CCCCCCCCCCCCCCCCCCCCCCCCCCCCCC)OC(=O)CCCCCCCCCCCCCCCCCCCCC. The van der Waals surface area contributed by atoms with Gasteiger partial charge in [0, 0.05) is 19.3 Å². The van der Waals surface area contributed by atoms with Crippen LogP contribution >= 0.6 is 0 Å². The molecule has 0 fully saturated rings. The molecule has 0 aromatic rings. The van der Waals surface area contributed by atoms with Crippen LogP contribution in [0.1, 0.15) is 400 Å². The van der Waals surface area contributed by atoms with Gasteiger partial charge in [0.25, 0.3) is 0 Å². The molecule has 6 heteroatoms. The van der Waals surface area contributed by atoms with Crippen LogP contribution in [0.5, 0.6) is 0 Å². The number of hydrogen-bond donors (Lipinski definition) is 0. The number of allylic oxidation sites excluding steroid dienone is 6. The van der Waals surface area contributed by atoms with E-state index in [1.807, 2.05) is 0 Å². The predicted molar refractivity (Wildman–Crippen MR) is 349 cm³/mol. The summed E-state index contributed by atoms with van der Waals surface area (Å²) in [5.41, 5.74) is 0. The third kappa shape index (κ3) is 66.4. The maximum Gasteiger partial charge on any atom is 0.306 e. The Morgan fingerprint density at radius 2 is 0.487 bits per heavy atom. The third-order valence-electron chi connectivity index (χ3n) is 16.4. The van der Waals surface area contributed by atoms with E-state index in [4.69, 9.17) is 14.2 Å². The lowest BCUT2D eigenvalue weighted by molar-refractivity contribution is -0.167. The summed E-state index contributed by atoms with van der Waals surface area (Å²) >= 11 is 0. The van der Waals surface area contributed by atoms with Gasteiger partial charge in [0.05, 0.1) is 0 Å². The van der Waals surface area contributed by atoms with Crippen LogP contribution in [-0.4, -0.2) is 37.2 Å². The molecule has 0 rings (SSSR count). The van der Waals surface area contributed by atoms with Gasteiger partial charge in [-0.2, -0.15) is 0 Å². The highest BCUT2D eigenvalue weighted by Gasteiger charge is 2.19. The zero-order valence-electron chi connectivity index (χ0n) is 54.1. The fourth-order valence-electron chi connectivity index (χ4n) is 11.1. The molecule has 0 aliphatic carbocycles. The van der Waals surface area contributed by atoms with Gasteiger partial charge in [0.1, 0.15) is 13.2 Å². The summed E-state index contributed by atoms with van der Waals surface area (Å²) in [5.74, 6) is -0.858. The Kier molecular flexibility index (Phi) is 67.1. The smallest absolute Gasteiger partial charge is 0.306 e. The molecule has 1 unspecified atom stereocenters. The highest BCUT2D eigenvalue weighted by Crippen LogP contribution is 2.19. The first kappa shape index (κ1) is 77.6. The standard InChI is InChI=1S/C74H138O6/c1-4-7-10-13-16-19-22-25-28-30-32-33-34-35-36-37-38-39-40-42-43-46-49-52-55-58-61-64-67-73(76)79-70-71(69-78-72(75)66-63-60-57-54-51-48-45-27-24-21-18-15-12-9-6-3)80-74(77)68-65-62-59-56-53-50-47-44-41-31-29-26-23-20-17-14-11-8-5-2/h9,12,18,21,27,45,71H,4-8,10-11,13-17,19-20,22-26,28-44,46-70H2,1-3H3/b12-9-,21-18-,45-27-. The second kappa shape index (κ2) is 69.1. The molecule has 0 bridgehead atoms. The van der Waals surface area contributed by atoms with Gasteiger partial charge in [-0.3, -0.25) is 14.4 Å². The Labute approximate surface area is 499 Å². The van der Waals surface area contributed by atoms with Gasteiger partial charge in [0.15, 0.2) is 6.10 Å². The first-order valence-corrected chi connectivity index (χ1v) is 36.0. The monoisotopic (exact) mass is 1120 g/mol. The minimum Gasteiger partial charge on any atom is -0.462 e. The highest BCUT2D eigenvalue weighted by atomic mass is 16.6. The van der Waals surface area contributed by atoms with Gasteiger partial charge in [0.2, 0.25) is 0 Å². The quantitative estimate of drug-likeness (QED) is 0.0261. The van der Waals surface area contributed by atoms with Crippen molar-refractivity contribution in [3.63, 3.8) is 0 Å². The van der Waals surface area contributed by atoms with Crippen LogP contribution in [0.25, 0.3) is 0 Å². The van der Waals surface area contributed by atoms with Gasteiger partial charge >= 0.3 is 17.9 Å². The number of hydrogen-bond acceptors (Lipinski definition) is 6. The summed E-state index contributed by atoms with van der Waals surface area (Å²) < 4.78 is 17.0. The number of carbonyl (C=O) groups excluding carboxylic acids is 3. The molecule has 0 saturated carbocycles. The molecule has 80 heavy (non-hydrogen) atoms. The zero-order chi connectivity index (χ0) is 57.8. The molecule has 0 heterocycles. The minimum atomic E-state index is -0.777. The second-order valence-corrected chi connectivity index (χ2v) is 24.5. The van der Waals surface area contributed by atoms with E-state index >= 15 is 0 Å². The van der Waals surface area contributed by atoms with Gasteiger partial charge in [-0.15, -0.1) is 0 Å². The Morgan fingerprint density at radius 1 is 0.263 bits per heavy atom. The number of carbonyl (C=O) groups is 3. The maximum atomic E-state index is 12.9. The number of rotatable bonds is 67. The highest BCUT2D eigenvalue weighted by molar-refractivity contribution is 5.71. The molecule has 0 aromatic heterocycles. The van der Waals surface area contributed by atoms with E-state index in [0.29, 0.717) is 19.3 Å². The van der Waals surface area contributed by atoms with Gasteiger partial charge < -0.3 is 14.2 Å². The van der Waals surface area contributed by atoms with Crippen molar-refractivity contribution in [2.75, 3.05) is 13.2 Å². The van der Waals surface area contributed by atoms with E-state index in [9.17, 15) is 14.4 Å². The van der Waals surface area contributed by atoms with Crippen molar-refractivity contribution in [2.45, 2.75) is 406 Å². The van der Waals surface area contributed by atoms with E-state index in [0.717, 1.165) is 96.3 Å². The summed E-state index contributed by atoms with van der Waals surface area (Å²) in [7, 11) is 0. The molecule has 0 aromatic carbocycles. The number of esters is 3. The van der Waals surface area contributed by atoms with Crippen molar-refractivity contribution in [3.8, 4) is 0 Å². The Hall–Kier alpha value is -2.37. The number of unbranched alkanes of at least 4 members (excludes halogenated alkanes) is 50. The molecular formula is C74H138O6. The number of ether oxygens (including phenoxy) is 3. The molecule has 0 amide bonds. The molecule has 1 atom stereocenters. The lowest BCUT2D eigenvalue weighted by Gasteiger charge is -2.18. The van der Waals surface area contributed by atoms with Crippen LogP contribution in [0, 0.1) is 0 Å². The van der Waals surface area contributed by atoms with Crippen molar-refractivity contribution in [1.82, 2.24) is 0 Å². The zero-order valence-corrected chi connectivity index (χ0v) is 54.1. The van der Waals surface area contributed by atoms with Crippen molar-refractivity contribution in [1.29, 1.82) is 0 Å². The van der Waals surface area contributed by atoms with Crippen molar-refractivity contribution < 1.29 is 28.6 Å². The molecule has 0 saturated heterocycles.